The highest BCUT2D eigenvalue weighted by Gasteiger charge is 2.22. The molecule has 0 radical (unpaired) electrons. The van der Waals surface area contributed by atoms with Crippen LogP contribution in [0.3, 0.4) is 0 Å². The summed E-state index contributed by atoms with van der Waals surface area (Å²) in [5.41, 5.74) is 3.98. The maximum atomic E-state index is 12.2. The lowest BCUT2D eigenvalue weighted by Gasteiger charge is -2.27. The Morgan fingerprint density at radius 3 is 2.74 bits per heavy atom. The van der Waals surface area contributed by atoms with Crippen LogP contribution in [0.1, 0.15) is 62.1 Å². The molecule has 1 fully saturated rings. The summed E-state index contributed by atoms with van der Waals surface area (Å²) >= 11 is 0. The largest absolute Gasteiger partial charge is 0.352 e. The first-order chi connectivity index (χ1) is 10.7. The van der Waals surface area contributed by atoms with Crippen molar-refractivity contribution in [1.29, 1.82) is 0 Å². The van der Waals surface area contributed by atoms with Gasteiger partial charge in [0.05, 0.1) is 0 Å². The minimum absolute atomic E-state index is 0. The van der Waals surface area contributed by atoms with E-state index in [1.807, 2.05) is 0 Å². The van der Waals surface area contributed by atoms with Gasteiger partial charge in [0.1, 0.15) is 0 Å². The van der Waals surface area contributed by atoms with Gasteiger partial charge in [0.25, 0.3) is 0 Å². The van der Waals surface area contributed by atoms with Crippen LogP contribution in [0, 0.1) is 11.8 Å². The summed E-state index contributed by atoms with van der Waals surface area (Å²) in [5.74, 6) is 1.48. The monoisotopic (exact) mass is 336 g/mol. The third kappa shape index (κ3) is 4.95. The molecule has 0 spiro atoms. The zero-order valence-corrected chi connectivity index (χ0v) is 14.9. The summed E-state index contributed by atoms with van der Waals surface area (Å²) in [5, 5.41) is 6.46. The fraction of sp³-hybridized carbons (Fsp3) is 0.632. The average Bonchev–Trinajstić information content (AvgIpc) is 3.01. The number of halogens is 1. The van der Waals surface area contributed by atoms with Crippen LogP contribution in [0.4, 0.5) is 0 Å². The molecular weight excluding hydrogens is 308 g/mol. The van der Waals surface area contributed by atoms with Crippen LogP contribution in [-0.2, 0) is 24.4 Å². The van der Waals surface area contributed by atoms with E-state index in [9.17, 15) is 4.79 Å². The highest BCUT2D eigenvalue weighted by atomic mass is 35.5. The number of rotatable bonds is 5. The third-order valence-electron chi connectivity index (χ3n) is 5.35. The summed E-state index contributed by atoms with van der Waals surface area (Å²) in [7, 11) is 0. The minimum atomic E-state index is 0. The van der Waals surface area contributed by atoms with E-state index in [1.54, 1.807) is 0 Å². The quantitative estimate of drug-likeness (QED) is 0.855. The zero-order chi connectivity index (χ0) is 15.4. The number of hydrogen-bond acceptors (Lipinski definition) is 2. The first kappa shape index (κ1) is 18.3. The summed E-state index contributed by atoms with van der Waals surface area (Å²) in [6, 6.07) is 6.54. The fourth-order valence-corrected chi connectivity index (χ4v) is 3.89. The van der Waals surface area contributed by atoms with Crippen molar-refractivity contribution in [1.82, 2.24) is 10.6 Å². The maximum Gasteiger partial charge on any atom is 0.220 e. The highest BCUT2D eigenvalue weighted by molar-refractivity contribution is 5.85. The Bertz CT molecular complexity index is 526. The molecular formula is C19H29ClN2O. The fourth-order valence-electron chi connectivity index (χ4n) is 3.89. The van der Waals surface area contributed by atoms with Crippen molar-refractivity contribution in [3.05, 3.63) is 34.9 Å². The van der Waals surface area contributed by atoms with Crippen molar-refractivity contribution in [3.8, 4) is 0 Å². The van der Waals surface area contributed by atoms with Crippen molar-refractivity contribution in [2.24, 2.45) is 11.8 Å². The molecule has 2 N–H and O–H groups in total. The zero-order valence-electron chi connectivity index (χ0n) is 14.1. The van der Waals surface area contributed by atoms with Crippen LogP contribution in [0.5, 0.6) is 0 Å². The summed E-state index contributed by atoms with van der Waals surface area (Å²) in [6.07, 6.45) is 7.37. The van der Waals surface area contributed by atoms with E-state index in [0.717, 1.165) is 19.0 Å². The van der Waals surface area contributed by atoms with Crippen LogP contribution in [-0.4, -0.2) is 5.91 Å². The first-order valence-electron chi connectivity index (χ1n) is 8.80. The van der Waals surface area contributed by atoms with Gasteiger partial charge in [-0.2, -0.15) is 0 Å². The summed E-state index contributed by atoms with van der Waals surface area (Å²) in [6.45, 7) is 4.83. The molecule has 1 heterocycles. The molecule has 0 aromatic heterocycles. The van der Waals surface area contributed by atoms with Gasteiger partial charge in [0.2, 0.25) is 5.91 Å². The third-order valence-corrected chi connectivity index (χ3v) is 5.35. The van der Waals surface area contributed by atoms with Crippen molar-refractivity contribution >= 4 is 18.3 Å². The van der Waals surface area contributed by atoms with E-state index in [1.165, 1.54) is 48.8 Å². The van der Waals surface area contributed by atoms with Gasteiger partial charge in [-0.15, -0.1) is 12.4 Å². The molecule has 23 heavy (non-hydrogen) atoms. The Labute approximate surface area is 146 Å². The Morgan fingerprint density at radius 2 is 1.96 bits per heavy atom. The molecule has 0 bridgehead atoms. The van der Waals surface area contributed by atoms with Gasteiger partial charge in [0.15, 0.2) is 0 Å². The second-order valence-electron chi connectivity index (χ2n) is 7.06. The molecule has 0 saturated heterocycles. The highest BCUT2D eigenvalue weighted by Crippen LogP contribution is 2.31. The lowest BCUT2D eigenvalue weighted by Crippen LogP contribution is -2.27. The topological polar surface area (TPSA) is 41.1 Å². The molecule has 1 aromatic rings. The van der Waals surface area contributed by atoms with Gasteiger partial charge in [0, 0.05) is 26.1 Å². The molecule has 1 amide bonds. The Morgan fingerprint density at radius 1 is 1.22 bits per heavy atom. The van der Waals surface area contributed by atoms with Crippen LogP contribution in [0.15, 0.2) is 18.2 Å². The van der Waals surface area contributed by atoms with E-state index in [-0.39, 0.29) is 18.3 Å². The van der Waals surface area contributed by atoms with E-state index in [4.69, 9.17) is 0 Å². The van der Waals surface area contributed by atoms with E-state index < -0.39 is 0 Å². The number of carbonyl (C=O) groups is 1. The van der Waals surface area contributed by atoms with Crippen LogP contribution in [0.2, 0.25) is 0 Å². The van der Waals surface area contributed by atoms with Crippen molar-refractivity contribution < 1.29 is 4.79 Å². The number of fused-ring (bicyclic) bond motifs is 1. The molecule has 4 heteroatoms. The van der Waals surface area contributed by atoms with Gasteiger partial charge in [-0.25, -0.2) is 0 Å². The first-order valence-corrected chi connectivity index (χ1v) is 8.80. The summed E-state index contributed by atoms with van der Waals surface area (Å²) < 4.78 is 0. The molecule has 1 saturated carbocycles. The Kier molecular flexibility index (Phi) is 6.91. The minimum Gasteiger partial charge on any atom is -0.352 e. The van der Waals surface area contributed by atoms with Crippen LogP contribution in [0.25, 0.3) is 0 Å². The van der Waals surface area contributed by atoms with Gasteiger partial charge >= 0.3 is 0 Å². The van der Waals surface area contributed by atoms with Crippen LogP contribution >= 0.6 is 12.4 Å². The maximum absolute atomic E-state index is 12.2. The molecule has 3 nitrogen and oxygen atoms in total. The number of carbonyl (C=O) groups excluding carboxylic acids is 1. The number of nitrogens with one attached hydrogen (secondary N) is 2. The molecule has 1 aliphatic heterocycles. The molecule has 2 aliphatic rings. The van der Waals surface area contributed by atoms with E-state index in [2.05, 4.69) is 35.8 Å². The smallest absolute Gasteiger partial charge is 0.220 e. The Hall–Kier alpha value is -1.06. The predicted octanol–water partition coefficient (Wildman–Crippen LogP) is 3.93. The lowest BCUT2D eigenvalue weighted by atomic mass is 9.79. The van der Waals surface area contributed by atoms with Gasteiger partial charge in [-0.3, -0.25) is 4.79 Å². The second-order valence-corrected chi connectivity index (χ2v) is 7.06. The normalized spacial score (nSPS) is 18.8. The lowest BCUT2D eigenvalue weighted by molar-refractivity contribution is -0.122. The molecule has 3 rings (SSSR count). The second kappa shape index (κ2) is 8.70. The molecule has 1 aromatic carbocycles. The van der Waals surface area contributed by atoms with Gasteiger partial charge in [-0.1, -0.05) is 57.2 Å². The average molecular weight is 337 g/mol. The van der Waals surface area contributed by atoms with Crippen molar-refractivity contribution in [3.63, 3.8) is 0 Å². The van der Waals surface area contributed by atoms with Gasteiger partial charge < -0.3 is 10.6 Å². The molecule has 1 aliphatic carbocycles. The molecule has 1 unspecified atom stereocenters. The number of hydrogen-bond donors (Lipinski definition) is 2. The molecule has 1 atom stereocenters. The van der Waals surface area contributed by atoms with E-state index in [0.29, 0.717) is 18.9 Å². The summed E-state index contributed by atoms with van der Waals surface area (Å²) in [4.78, 5) is 12.2. The number of amides is 1. The van der Waals surface area contributed by atoms with Gasteiger partial charge in [-0.05, 0) is 28.5 Å². The number of benzene rings is 1. The van der Waals surface area contributed by atoms with Crippen molar-refractivity contribution in [2.45, 2.75) is 65.1 Å². The predicted molar refractivity (Wildman–Crippen MR) is 96.4 cm³/mol. The van der Waals surface area contributed by atoms with Crippen molar-refractivity contribution in [2.75, 3.05) is 0 Å². The molecule has 128 valence electrons. The SMILES string of the molecule is CC(CC(=O)NCc1ccc2c(c1)CNC2)C1CCCCC1.Cl. The van der Waals surface area contributed by atoms with E-state index >= 15 is 0 Å². The standard InChI is InChI=1S/C19H28N2O.ClH/c1-14(16-5-3-2-4-6-16)9-19(22)21-11-15-7-8-17-12-20-13-18(17)10-15;/h7-8,10,14,16,20H,2-6,9,11-13H2,1H3,(H,21,22);1H. The Balaban J connectivity index is 0.00000192. The van der Waals surface area contributed by atoms with Crippen LogP contribution < -0.4 is 10.6 Å².